The fourth-order valence-corrected chi connectivity index (χ4v) is 2.83. The van der Waals surface area contributed by atoms with E-state index in [0.717, 1.165) is 31.5 Å². The average Bonchev–Trinajstić information content (AvgIpc) is 2.75. The van der Waals surface area contributed by atoms with Crippen LogP contribution in [0.25, 0.3) is 0 Å². The van der Waals surface area contributed by atoms with Crippen molar-refractivity contribution in [3.05, 3.63) is 41.6 Å². The van der Waals surface area contributed by atoms with Crippen molar-refractivity contribution >= 4 is 17.5 Å². The fourth-order valence-electron chi connectivity index (χ4n) is 2.83. The third-order valence-corrected chi connectivity index (χ3v) is 3.86. The van der Waals surface area contributed by atoms with Gasteiger partial charge in [-0.05, 0) is 43.9 Å². The predicted molar refractivity (Wildman–Crippen MR) is 77.2 cm³/mol. The zero-order valence-corrected chi connectivity index (χ0v) is 11.6. The molecule has 0 spiro atoms. The summed E-state index contributed by atoms with van der Waals surface area (Å²) in [7, 11) is 0. The summed E-state index contributed by atoms with van der Waals surface area (Å²) in [5.74, 6) is -0.427. The van der Waals surface area contributed by atoms with E-state index < -0.39 is 0 Å². The van der Waals surface area contributed by atoms with Crippen molar-refractivity contribution < 1.29 is 9.59 Å². The minimum atomic E-state index is -0.235. The number of aryl methyl sites for hydroxylation is 1. The summed E-state index contributed by atoms with van der Waals surface area (Å²) in [6, 6.07) is 7.48. The second-order valence-electron chi connectivity index (χ2n) is 5.40. The van der Waals surface area contributed by atoms with Crippen molar-refractivity contribution in [3.8, 4) is 0 Å². The summed E-state index contributed by atoms with van der Waals surface area (Å²) in [5, 5.41) is 0. The van der Waals surface area contributed by atoms with Crippen molar-refractivity contribution in [2.45, 2.75) is 26.2 Å². The van der Waals surface area contributed by atoms with Crippen LogP contribution in [-0.4, -0.2) is 29.8 Å². The molecule has 0 radical (unpaired) electrons. The Morgan fingerprint density at radius 1 is 1.05 bits per heavy atom. The van der Waals surface area contributed by atoms with Gasteiger partial charge in [0.05, 0.1) is 5.69 Å². The Labute approximate surface area is 118 Å². The van der Waals surface area contributed by atoms with Crippen molar-refractivity contribution in [1.29, 1.82) is 0 Å². The minimum Gasteiger partial charge on any atom is -0.367 e. The number of benzene rings is 1. The van der Waals surface area contributed by atoms with Gasteiger partial charge in [0, 0.05) is 19.2 Å². The number of hydrogen-bond acceptors (Lipinski definition) is 3. The Bertz CT molecular complexity index is 586. The zero-order chi connectivity index (χ0) is 14.1. The van der Waals surface area contributed by atoms with Crippen LogP contribution in [0, 0.1) is 6.92 Å². The maximum Gasteiger partial charge on any atom is 0.281 e. The Balaban J connectivity index is 1.86. The summed E-state index contributed by atoms with van der Waals surface area (Å²) in [4.78, 5) is 28.0. The Kier molecular flexibility index (Phi) is 3.30. The highest BCUT2D eigenvalue weighted by Gasteiger charge is 2.35. The molecule has 2 amide bonds. The number of rotatable bonds is 2. The molecule has 2 heterocycles. The molecule has 4 heteroatoms. The third kappa shape index (κ3) is 2.22. The van der Waals surface area contributed by atoms with Crippen LogP contribution in [0.4, 0.5) is 5.69 Å². The van der Waals surface area contributed by atoms with Crippen molar-refractivity contribution in [3.63, 3.8) is 0 Å². The van der Waals surface area contributed by atoms with E-state index in [4.69, 9.17) is 0 Å². The Morgan fingerprint density at radius 3 is 2.50 bits per heavy atom. The molecule has 2 aliphatic heterocycles. The quantitative estimate of drug-likeness (QED) is 0.774. The van der Waals surface area contributed by atoms with Gasteiger partial charge < -0.3 is 4.90 Å². The first kappa shape index (κ1) is 12.9. The largest absolute Gasteiger partial charge is 0.367 e. The predicted octanol–water partition coefficient (Wildman–Crippen LogP) is 2.24. The van der Waals surface area contributed by atoms with Gasteiger partial charge in [0.15, 0.2) is 0 Å². The van der Waals surface area contributed by atoms with E-state index in [1.807, 2.05) is 30.0 Å². The van der Waals surface area contributed by atoms with E-state index >= 15 is 0 Å². The number of imide groups is 1. The average molecular weight is 270 g/mol. The lowest BCUT2D eigenvalue weighted by atomic mass is 10.1. The molecule has 0 bridgehead atoms. The van der Waals surface area contributed by atoms with Gasteiger partial charge in [0.1, 0.15) is 5.70 Å². The molecule has 0 aromatic heterocycles. The van der Waals surface area contributed by atoms with Gasteiger partial charge in [0.2, 0.25) is 0 Å². The molecule has 0 aliphatic carbocycles. The molecule has 0 unspecified atom stereocenters. The van der Waals surface area contributed by atoms with Crippen LogP contribution in [0.2, 0.25) is 0 Å². The van der Waals surface area contributed by atoms with Gasteiger partial charge in [-0.1, -0.05) is 12.1 Å². The van der Waals surface area contributed by atoms with Crippen LogP contribution in [0.3, 0.4) is 0 Å². The summed E-state index contributed by atoms with van der Waals surface area (Å²) in [6.07, 6.45) is 4.86. The van der Waals surface area contributed by atoms with Gasteiger partial charge in [0.25, 0.3) is 11.8 Å². The molecule has 3 rings (SSSR count). The number of piperidine rings is 1. The summed E-state index contributed by atoms with van der Waals surface area (Å²) < 4.78 is 0. The SMILES string of the molecule is Cc1cccc(N2C(=O)C=C(N3CCCCC3)C2=O)c1. The molecule has 1 aromatic carbocycles. The van der Waals surface area contributed by atoms with E-state index in [2.05, 4.69) is 0 Å². The highest BCUT2D eigenvalue weighted by Crippen LogP contribution is 2.26. The molecular formula is C16H18N2O2. The molecular weight excluding hydrogens is 252 g/mol. The van der Waals surface area contributed by atoms with Gasteiger partial charge in [-0.2, -0.15) is 0 Å². The van der Waals surface area contributed by atoms with E-state index in [9.17, 15) is 9.59 Å². The van der Waals surface area contributed by atoms with Crippen molar-refractivity contribution in [1.82, 2.24) is 4.90 Å². The van der Waals surface area contributed by atoms with Crippen LogP contribution < -0.4 is 4.90 Å². The first-order chi connectivity index (χ1) is 9.66. The lowest BCUT2D eigenvalue weighted by Crippen LogP contribution is -2.37. The van der Waals surface area contributed by atoms with Gasteiger partial charge >= 0.3 is 0 Å². The molecule has 104 valence electrons. The van der Waals surface area contributed by atoms with Crippen LogP contribution in [0.15, 0.2) is 36.0 Å². The molecule has 1 fully saturated rings. The Morgan fingerprint density at radius 2 is 1.80 bits per heavy atom. The number of carbonyl (C=O) groups is 2. The standard InChI is InChI=1S/C16H18N2O2/c1-12-6-5-7-13(10-12)18-15(19)11-14(16(18)20)17-8-3-2-4-9-17/h5-7,10-11H,2-4,8-9H2,1H3. The van der Waals surface area contributed by atoms with Gasteiger partial charge in [-0.25, -0.2) is 4.90 Å². The minimum absolute atomic E-state index is 0.192. The van der Waals surface area contributed by atoms with Gasteiger partial charge in [-0.3, -0.25) is 9.59 Å². The van der Waals surface area contributed by atoms with E-state index in [0.29, 0.717) is 11.4 Å². The highest BCUT2D eigenvalue weighted by molar-refractivity contribution is 6.30. The summed E-state index contributed by atoms with van der Waals surface area (Å²) in [6.45, 7) is 3.69. The number of nitrogens with zero attached hydrogens (tertiary/aromatic N) is 2. The van der Waals surface area contributed by atoms with Crippen molar-refractivity contribution in [2.24, 2.45) is 0 Å². The molecule has 1 saturated heterocycles. The van der Waals surface area contributed by atoms with Crippen LogP contribution >= 0.6 is 0 Å². The lowest BCUT2D eigenvalue weighted by Gasteiger charge is -2.29. The molecule has 1 aromatic rings. The Hall–Kier alpha value is -2.10. The van der Waals surface area contributed by atoms with E-state index in [-0.39, 0.29) is 11.8 Å². The van der Waals surface area contributed by atoms with Crippen molar-refractivity contribution in [2.75, 3.05) is 18.0 Å². The lowest BCUT2D eigenvalue weighted by molar-refractivity contribution is -0.121. The summed E-state index contributed by atoms with van der Waals surface area (Å²) in [5.41, 5.74) is 2.24. The number of likely N-dealkylation sites (tertiary alicyclic amines) is 1. The number of amides is 2. The number of carbonyl (C=O) groups excluding carboxylic acids is 2. The second-order valence-corrected chi connectivity index (χ2v) is 5.40. The fraction of sp³-hybridized carbons (Fsp3) is 0.375. The summed E-state index contributed by atoms with van der Waals surface area (Å²) >= 11 is 0. The maximum atomic E-state index is 12.5. The molecule has 2 aliphatic rings. The second kappa shape index (κ2) is 5.12. The normalized spacial score (nSPS) is 19.6. The first-order valence-corrected chi connectivity index (χ1v) is 7.08. The molecule has 0 atom stereocenters. The number of hydrogen-bond donors (Lipinski definition) is 0. The monoisotopic (exact) mass is 270 g/mol. The van der Waals surface area contributed by atoms with Crippen LogP contribution in [0.5, 0.6) is 0 Å². The van der Waals surface area contributed by atoms with E-state index in [1.165, 1.54) is 17.4 Å². The third-order valence-electron chi connectivity index (χ3n) is 3.86. The number of anilines is 1. The molecule has 0 N–H and O–H groups in total. The smallest absolute Gasteiger partial charge is 0.281 e. The van der Waals surface area contributed by atoms with E-state index in [1.54, 1.807) is 6.07 Å². The topological polar surface area (TPSA) is 40.6 Å². The maximum absolute atomic E-state index is 12.5. The van der Waals surface area contributed by atoms with Crippen LogP contribution in [-0.2, 0) is 9.59 Å². The highest BCUT2D eigenvalue weighted by atomic mass is 16.2. The van der Waals surface area contributed by atoms with Crippen LogP contribution in [0.1, 0.15) is 24.8 Å². The molecule has 4 nitrogen and oxygen atoms in total. The molecule has 0 saturated carbocycles. The molecule has 20 heavy (non-hydrogen) atoms. The van der Waals surface area contributed by atoms with Gasteiger partial charge in [-0.15, -0.1) is 0 Å². The zero-order valence-electron chi connectivity index (χ0n) is 11.6. The first-order valence-electron chi connectivity index (χ1n) is 7.08.